The van der Waals surface area contributed by atoms with Crippen molar-refractivity contribution in [3.8, 4) is 0 Å². The van der Waals surface area contributed by atoms with Gasteiger partial charge in [-0.3, -0.25) is 4.98 Å². The van der Waals surface area contributed by atoms with E-state index in [1.165, 1.54) is 0 Å². The van der Waals surface area contributed by atoms with Crippen LogP contribution in [0, 0.1) is 5.82 Å². The molecule has 0 aliphatic carbocycles. The standard InChI is InChI=1S/C8H6F4N2O2/c9-5-3-14-2-1-4(5)7(13,6(15)16)8(10,11)12/h1-3H,13H2,(H,15,16). The number of aromatic nitrogens is 1. The molecular formula is C8H6F4N2O2. The van der Waals surface area contributed by atoms with Crippen LogP contribution in [0.2, 0.25) is 0 Å². The number of carboxylic acid groups (broad SMARTS) is 1. The molecule has 1 atom stereocenters. The van der Waals surface area contributed by atoms with Crippen molar-refractivity contribution in [1.82, 2.24) is 4.98 Å². The fourth-order valence-corrected chi connectivity index (χ4v) is 1.08. The van der Waals surface area contributed by atoms with Gasteiger partial charge in [0.2, 0.25) is 5.54 Å². The van der Waals surface area contributed by atoms with Gasteiger partial charge in [0.05, 0.1) is 6.20 Å². The van der Waals surface area contributed by atoms with Crippen LogP contribution in [0.5, 0.6) is 0 Å². The lowest BCUT2D eigenvalue weighted by Crippen LogP contribution is -2.57. The third-order valence-electron chi connectivity index (χ3n) is 1.98. The second-order valence-corrected chi connectivity index (χ2v) is 2.97. The summed E-state index contributed by atoms with van der Waals surface area (Å²) >= 11 is 0. The van der Waals surface area contributed by atoms with Gasteiger partial charge in [0.1, 0.15) is 5.82 Å². The summed E-state index contributed by atoms with van der Waals surface area (Å²) in [5, 5.41) is 8.51. The number of halogens is 4. The van der Waals surface area contributed by atoms with E-state index in [0.717, 1.165) is 6.20 Å². The molecule has 1 aromatic rings. The number of hydrogen-bond donors (Lipinski definition) is 2. The lowest BCUT2D eigenvalue weighted by atomic mass is 9.91. The number of carbonyl (C=O) groups is 1. The zero-order valence-electron chi connectivity index (χ0n) is 7.62. The quantitative estimate of drug-likeness (QED) is 0.754. The number of nitrogens with zero attached hydrogens (tertiary/aromatic N) is 1. The van der Waals surface area contributed by atoms with Crippen LogP contribution in [0.3, 0.4) is 0 Å². The summed E-state index contributed by atoms with van der Waals surface area (Å²) < 4.78 is 50.7. The van der Waals surface area contributed by atoms with Crippen molar-refractivity contribution in [3.63, 3.8) is 0 Å². The highest BCUT2D eigenvalue weighted by atomic mass is 19.4. The van der Waals surface area contributed by atoms with Crippen molar-refractivity contribution in [1.29, 1.82) is 0 Å². The summed E-state index contributed by atoms with van der Waals surface area (Å²) in [6.45, 7) is 0. The minimum atomic E-state index is -5.32. The normalized spacial score (nSPS) is 15.6. The van der Waals surface area contributed by atoms with E-state index in [0.29, 0.717) is 12.3 Å². The molecule has 8 heteroatoms. The molecule has 4 nitrogen and oxygen atoms in total. The Kier molecular flexibility index (Phi) is 2.87. The van der Waals surface area contributed by atoms with Crippen molar-refractivity contribution in [3.05, 3.63) is 29.8 Å². The van der Waals surface area contributed by atoms with Crippen molar-refractivity contribution in [2.75, 3.05) is 0 Å². The van der Waals surface area contributed by atoms with Crippen LogP contribution in [0.25, 0.3) is 0 Å². The molecule has 0 amide bonds. The Hall–Kier alpha value is -1.70. The lowest BCUT2D eigenvalue weighted by Gasteiger charge is -2.27. The Balaban J connectivity index is 3.46. The molecule has 0 spiro atoms. The van der Waals surface area contributed by atoms with Gasteiger partial charge < -0.3 is 10.8 Å². The lowest BCUT2D eigenvalue weighted by molar-refractivity contribution is -0.205. The van der Waals surface area contributed by atoms with Gasteiger partial charge in [0.25, 0.3) is 0 Å². The number of alkyl halides is 3. The number of hydrogen-bond acceptors (Lipinski definition) is 3. The maximum atomic E-state index is 13.1. The van der Waals surface area contributed by atoms with Crippen molar-refractivity contribution in [2.45, 2.75) is 11.7 Å². The summed E-state index contributed by atoms with van der Waals surface area (Å²) in [7, 11) is 0. The molecule has 1 heterocycles. The summed E-state index contributed by atoms with van der Waals surface area (Å²) in [6.07, 6.45) is -4.03. The van der Waals surface area contributed by atoms with E-state index in [9.17, 15) is 22.4 Å². The largest absolute Gasteiger partial charge is 0.479 e. The zero-order chi connectivity index (χ0) is 12.6. The van der Waals surface area contributed by atoms with Crippen LogP contribution >= 0.6 is 0 Å². The highest BCUT2D eigenvalue weighted by Crippen LogP contribution is 2.37. The van der Waals surface area contributed by atoms with E-state index in [-0.39, 0.29) is 0 Å². The first-order chi connectivity index (χ1) is 7.21. The summed E-state index contributed by atoms with van der Waals surface area (Å²) in [6, 6.07) is 0.580. The Morgan fingerprint density at radius 1 is 1.44 bits per heavy atom. The molecule has 0 radical (unpaired) electrons. The van der Waals surface area contributed by atoms with E-state index in [1.807, 2.05) is 0 Å². The van der Waals surface area contributed by atoms with Crippen LogP contribution < -0.4 is 5.73 Å². The summed E-state index contributed by atoms with van der Waals surface area (Å²) in [5.74, 6) is -3.81. The fourth-order valence-electron chi connectivity index (χ4n) is 1.08. The Morgan fingerprint density at radius 2 is 2.00 bits per heavy atom. The molecule has 0 saturated carbocycles. The van der Waals surface area contributed by atoms with Crippen LogP contribution in [0.4, 0.5) is 17.6 Å². The van der Waals surface area contributed by atoms with E-state index in [1.54, 1.807) is 0 Å². The second-order valence-electron chi connectivity index (χ2n) is 2.97. The molecule has 1 aromatic heterocycles. The Morgan fingerprint density at radius 3 is 2.38 bits per heavy atom. The third-order valence-corrected chi connectivity index (χ3v) is 1.98. The molecular weight excluding hydrogens is 232 g/mol. The predicted octanol–water partition coefficient (Wildman–Crippen LogP) is 1.02. The van der Waals surface area contributed by atoms with Crippen molar-refractivity contribution < 1.29 is 27.5 Å². The first kappa shape index (κ1) is 12.4. The SMILES string of the molecule is NC(C(=O)O)(c1ccncc1F)C(F)(F)F. The van der Waals surface area contributed by atoms with Crippen LogP contribution in [0.15, 0.2) is 18.5 Å². The number of rotatable bonds is 2. The smallest absolute Gasteiger partial charge is 0.421 e. The van der Waals surface area contributed by atoms with Gasteiger partial charge in [-0.15, -0.1) is 0 Å². The highest BCUT2D eigenvalue weighted by molar-refractivity contribution is 5.81. The molecule has 0 bridgehead atoms. The van der Waals surface area contributed by atoms with Crippen molar-refractivity contribution >= 4 is 5.97 Å². The van der Waals surface area contributed by atoms with E-state index >= 15 is 0 Å². The van der Waals surface area contributed by atoms with E-state index < -0.39 is 29.1 Å². The highest BCUT2D eigenvalue weighted by Gasteiger charge is 2.60. The molecule has 16 heavy (non-hydrogen) atoms. The van der Waals surface area contributed by atoms with Gasteiger partial charge in [0, 0.05) is 11.8 Å². The van der Waals surface area contributed by atoms with Crippen LogP contribution in [-0.4, -0.2) is 22.2 Å². The molecule has 1 unspecified atom stereocenters. The number of carboxylic acids is 1. The fraction of sp³-hybridized carbons (Fsp3) is 0.250. The molecule has 3 N–H and O–H groups in total. The monoisotopic (exact) mass is 238 g/mol. The van der Waals surface area contributed by atoms with E-state index in [4.69, 9.17) is 10.8 Å². The average molecular weight is 238 g/mol. The van der Waals surface area contributed by atoms with Crippen LogP contribution in [0.1, 0.15) is 5.56 Å². The molecule has 0 aromatic carbocycles. The first-order valence-electron chi connectivity index (χ1n) is 3.90. The maximum Gasteiger partial charge on any atom is 0.421 e. The average Bonchev–Trinajstić information content (AvgIpc) is 2.15. The minimum absolute atomic E-state index is 0.464. The Bertz CT molecular complexity index is 421. The third kappa shape index (κ3) is 1.71. The number of pyridine rings is 1. The zero-order valence-corrected chi connectivity index (χ0v) is 7.62. The van der Waals surface area contributed by atoms with Gasteiger partial charge in [-0.25, -0.2) is 9.18 Å². The van der Waals surface area contributed by atoms with Crippen molar-refractivity contribution in [2.24, 2.45) is 5.73 Å². The molecule has 0 saturated heterocycles. The first-order valence-corrected chi connectivity index (χ1v) is 3.90. The maximum absolute atomic E-state index is 13.1. The van der Waals surface area contributed by atoms with Gasteiger partial charge in [0.15, 0.2) is 0 Å². The van der Waals surface area contributed by atoms with Gasteiger partial charge in [-0.05, 0) is 6.07 Å². The van der Waals surface area contributed by atoms with Gasteiger partial charge in [-0.1, -0.05) is 0 Å². The topological polar surface area (TPSA) is 76.2 Å². The minimum Gasteiger partial charge on any atom is -0.479 e. The predicted molar refractivity (Wildman–Crippen MR) is 43.8 cm³/mol. The molecule has 0 aliphatic heterocycles. The summed E-state index contributed by atoms with van der Waals surface area (Å²) in [5.41, 5.74) is -0.208. The van der Waals surface area contributed by atoms with Gasteiger partial charge in [-0.2, -0.15) is 13.2 Å². The number of aliphatic carboxylic acids is 1. The second kappa shape index (κ2) is 3.71. The van der Waals surface area contributed by atoms with Crippen LogP contribution in [-0.2, 0) is 10.3 Å². The molecule has 0 fully saturated rings. The summed E-state index contributed by atoms with van der Waals surface area (Å²) in [4.78, 5) is 13.8. The Labute approximate surface area is 86.7 Å². The molecule has 0 aliphatic rings. The van der Waals surface area contributed by atoms with E-state index in [2.05, 4.69) is 4.98 Å². The molecule has 88 valence electrons. The van der Waals surface area contributed by atoms with Gasteiger partial charge >= 0.3 is 12.1 Å². The molecule has 1 rings (SSSR count). The number of nitrogens with two attached hydrogens (primary N) is 1.